The molecule has 0 amide bonds. The molecule has 7 heteroatoms. The fraction of sp³-hybridized carbons (Fsp3) is 0.476. The lowest BCUT2D eigenvalue weighted by atomic mass is 9.96. The summed E-state index contributed by atoms with van der Waals surface area (Å²) in [6.45, 7) is 5.87. The Bertz CT molecular complexity index is 834. The Morgan fingerprint density at radius 2 is 1.86 bits per heavy atom. The molecule has 2 fully saturated rings. The van der Waals surface area contributed by atoms with E-state index in [1.807, 2.05) is 25.2 Å². The van der Waals surface area contributed by atoms with Gasteiger partial charge < -0.3 is 19.9 Å². The Morgan fingerprint density at radius 1 is 1.14 bits per heavy atom. The van der Waals surface area contributed by atoms with Crippen LogP contribution in [-0.2, 0) is 5.41 Å². The minimum Gasteiger partial charge on any atom is -0.496 e. The highest BCUT2D eigenvalue weighted by atomic mass is 16.5. The molecule has 4 rings (SSSR count). The summed E-state index contributed by atoms with van der Waals surface area (Å²) < 4.78 is 5.58. The van der Waals surface area contributed by atoms with Gasteiger partial charge in [0.1, 0.15) is 5.75 Å². The van der Waals surface area contributed by atoms with E-state index in [1.165, 1.54) is 5.56 Å². The minimum absolute atomic E-state index is 0.0717. The molecule has 148 valence electrons. The van der Waals surface area contributed by atoms with Gasteiger partial charge in [-0.2, -0.15) is 0 Å². The highest BCUT2D eigenvalue weighted by molar-refractivity contribution is 5.81. The number of methoxy groups -OCH3 is 1. The normalized spacial score (nSPS) is 24.8. The molecule has 2 unspecified atom stereocenters. The van der Waals surface area contributed by atoms with Crippen LogP contribution in [0, 0.1) is 0 Å². The first-order valence-corrected chi connectivity index (χ1v) is 9.79. The van der Waals surface area contributed by atoms with Crippen molar-refractivity contribution in [3.63, 3.8) is 0 Å². The zero-order valence-electron chi connectivity index (χ0n) is 16.8. The molecular formula is C21H28N6O. The molecule has 2 heterocycles. The third-order valence-corrected chi connectivity index (χ3v) is 5.89. The maximum Gasteiger partial charge on any atom is 0.225 e. The zero-order chi connectivity index (χ0) is 19.6. The van der Waals surface area contributed by atoms with Crippen molar-refractivity contribution in [1.82, 2.24) is 20.2 Å². The van der Waals surface area contributed by atoms with Gasteiger partial charge in [-0.25, -0.2) is 9.97 Å². The molecule has 2 aromatic rings. The second-order valence-electron chi connectivity index (χ2n) is 7.59. The Morgan fingerprint density at radius 3 is 2.54 bits per heavy atom. The Labute approximate surface area is 166 Å². The van der Waals surface area contributed by atoms with E-state index in [4.69, 9.17) is 4.74 Å². The van der Waals surface area contributed by atoms with Crippen LogP contribution in [0.25, 0.3) is 0 Å². The van der Waals surface area contributed by atoms with Crippen molar-refractivity contribution in [3.05, 3.63) is 48.3 Å². The molecule has 1 N–H and O–H groups in total. The van der Waals surface area contributed by atoms with Gasteiger partial charge in [-0.3, -0.25) is 4.99 Å². The molecule has 1 aromatic heterocycles. The van der Waals surface area contributed by atoms with E-state index in [0.717, 1.165) is 50.3 Å². The summed E-state index contributed by atoms with van der Waals surface area (Å²) >= 11 is 0. The van der Waals surface area contributed by atoms with Crippen LogP contribution >= 0.6 is 0 Å². The quantitative estimate of drug-likeness (QED) is 0.646. The maximum absolute atomic E-state index is 5.58. The highest BCUT2D eigenvalue weighted by Gasteiger charge is 2.53. The molecule has 2 atom stereocenters. The predicted octanol–water partition coefficient (Wildman–Crippen LogP) is 1.91. The molecule has 1 aliphatic heterocycles. The third kappa shape index (κ3) is 3.48. The molecule has 1 saturated carbocycles. The van der Waals surface area contributed by atoms with Gasteiger partial charge in [0.05, 0.1) is 7.11 Å². The second-order valence-corrected chi connectivity index (χ2v) is 7.59. The number of nitrogens with one attached hydrogen (secondary N) is 1. The number of guanidine groups is 1. The van der Waals surface area contributed by atoms with Crippen LogP contribution in [0.3, 0.4) is 0 Å². The molecule has 1 saturated heterocycles. The number of anilines is 1. The van der Waals surface area contributed by atoms with Crippen molar-refractivity contribution in [2.45, 2.75) is 24.8 Å². The van der Waals surface area contributed by atoms with Crippen molar-refractivity contribution in [2.24, 2.45) is 4.99 Å². The van der Waals surface area contributed by atoms with Crippen LogP contribution < -0.4 is 15.0 Å². The average molecular weight is 380 g/mol. The van der Waals surface area contributed by atoms with Gasteiger partial charge in [-0.15, -0.1) is 0 Å². The first-order valence-electron chi connectivity index (χ1n) is 9.79. The summed E-state index contributed by atoms with van der Waals surface area (Å²) in [5.41, 5.74) is 1.33. The van der Waals surface area contributed by atoms with Gasteiger partial charge in [-0.05, 0) is 18.6 Å². The average Bonchev–Trinajstić information content (AvgIpc) is 3.43. The number of hydrogen-bond donors (Lipinski definition) is 1. The molecule has 2 aliphatic rings. The number of rotatable bonds is 4. The number of benzene rings is 1. The molecular weight excluding hydrogens is 352 g/mol. The van der Waals surface area contributed by atoms with E-state index in [1.54, 1.807) is 19.5 Å². The fourth-order valence-electron chi connectivity index (χ4n) is 4.02. The van der Waals surface area contributed by atoms with Crippen LogP contribution in [0.1, 0.15) is 18.9 Å². The van der Waals surface area contributed by atoms with Crippen LogP contribution in [0.2, 0.25) is 0 Å². The summed E-state index contributed by atoms with van der Waals surface area (Å²) in [5, 5.41) is 3.68. The van der Waals surface area contributed by atoms with Gasteiger partial charge in [0.25, 0.3) is 0 Å². The van der Waals surface area contributed by atoms with Gasteiger partial charge in [0, 0.05) is 62.6 Å². The maximum atomic E-state index is 5.58. The lowest BCUT2D eigenvalue weighted by Crippen LogP contribution is -2.53. The third-order valence-electron chi connectivity index (χ3n) is 5.89. The van der Waals surface area contributed by atoms with Crippen molar-refractivity contribution in [3.8, 4) is 5.75 Å². The molecule has 0 radical (unpaired) electrons. The number of ether oxygens (including phenoxy) is 1. The van der Waals surface area contributed by atoms with E-state index >= 15 is 0 Å². The summed E-state index contributed by atoms with van der Waals surface area (Å²) in [5.74, 6) is 2.73. The predicted molar refractivity (Wildman–Crippen MR) is 111 cm³/mol. The molecule has 28 heavy (non-hydrogen) atoms. The minimum atomic E-state index is 0.0717. The molecule has 7 nitrogen and oxygen atoms in total. The van der Waals surface area contributed by atoms with Crippen LogP contribution in [0.5, 0.6) is 5.75 Å². The largest absolute Gasteiger partial charge is 0.496 e. The lowest BCUT2D eigenvalue weighted by Gasteiger charge is -2.36. The van der Waals surface area contributed by atoms with E-state index in [-0.39, 0.29) is 5.41 Å². The standard InChI is InChI=1S/C21H28N6O/c1-21(16-7-4-5-8-17(16)28-3)15-18(21)25-19(22-2)26-11-13-27(14-12-26)20-23-9-6-10-24-20/h4-10,18H,11-15H2,1-3H3,(H,22,25). The first-order chi connectivity index (χ1) is 13.7. The van der Waals surface area contributed by atoms with Gasteiger partial charge in [-0.1, -0.05) is 25.1 Å². The number of para-hydroxylation sites is 1. The van der Waals surface area contributed by atoms with Crippen LogP contribution in [0.15, 0.2) is 47.7 Å². The Balaban J connectivity index is 1.38. The monoisotopic (exact) mass is 380 g/mol. The van der Waals surface area contributed by atoms with E-state index < -0.39 is 0 Å². The molecule has 0 bridgehead atoms. The fourth-order valence-corrected chi connectivity index (χ4v) is 4.02. The SMILES string of the molecule is CN=C(NC1CC1(C)c1ccccc1OC)N1CCN(c2ncccn2)CC1. The van der Waals surface area contributed by atoms with E-state index in [9.17, 15) is 0 Å². The van der Waals surface area contributed by atoms with Crippen molar-refractivity contribution >= 4 is 11.9 Å². The van der Waals surface area contributed by atoms with Crippen LogP contribution in [-0.4, -0.2) is 67.2 Å². The number of piperazine rings is 1. The topological polar surface area (TPSA) is 65.9 Å². The molecule has 1 aromatic carbocycles. The smallest absolute Gasteiger partial charge is 0.225 e. The lowest BCUT2D eigenvalue weighted by molar-refractivity contribution is 0.368. The van der Waals surface area contributed by atoms with Gasteiger partial charge in [0.2, 0.25) is 5.95 Å². The van der Waals surface area contributed by atoms with Crippen molar-refractivity contribution in [1.29, 1.82) is 0 Å². The highest BCUT2D eigenvalue weighted by Crippen LogP contribution is 2.51. The Kier molecular flexibility index (Phi) is 5.07. The van der Waals surface area contributed by atoms with Crippen molar-refractivity contribution < 1.29 is 4.74 Å². The number of aliphatic imine (C=N–C) groups is 1. The number of nitrogens with zero attached hydrogens (tertiary/aromatic N) is 5. The van der Waals surface area contributed by atoms with E-state index in [0.29, 0.717) is 6.04 Å². The second kappa shape index (κ2) is 7.66. The van der Waals surface area contributed by atoms with Gasteiger partial charge >= 0.3 is 0 Å². The van der Waals surface area contributed by atoms with Crippen LogP contribution in [0.4, 0.5) is 5.95 Å². The summed E-state index contributed by atoms with van der Waals surface area (Å²) in [6, 6.07) is 10.5. The van der Waals surface area contributed by atoms with Crippen molar-refractivity contribution in [2.75, 3.05) is 45.2 Å². The summed E-state index contributed by atoms with van der Waals surface area (Å²) in [7, 11) is 3.60. The molecule has 0 spiro atoms. The number of hydrogen-bond acceptors (Lipinski definition) is 5. The summed E-state index contributed by atoms with van der Waals surface area (Å²) in [6.07, 6.45) is 4.66. The summed E-state index contributed by atoms with van der Waals surface area (Å²) in [4.78, 5) is 17.8. The van der Waals surface area contributed by atoms with Gasteiger partial charge in [0.15, 0.2) is 5.96 Å². The first kappa shape index (κ1) is 18.5. The molecule has 1 aliphatic carbocycles. The number of aromatic nitrogens is 2. The zero-order valence-corrected chi connectivity index (χ0v) is 16.8. The van der Waals surface area contributed by atoms with E-state index in [2.05, 4.69) is 49.1 Å². The Hall–Kier alpha value is -2.83.